The average Bonchev–Trinajstić information content (AvgIpc) is 2.87. The number of aliphatic hydroxyl groups is 1. The Morgan fingerprint density at radius 1 is 1.48 bits per heavy atom. The van der Waals surface area contributed by atoms with E-state index in [1.54, 1.807) is 24.3 Å². The lowest BCUT2D eigenvalue weighted by molar-refractivity contribution is -0.122. The van der Waals surface area contributed by atoms with Gasteiger partial charge in [-0.25, -0.2) is 13.5 Å². The second kappa shape index (κ2) is 5.90. The number of nitrogens with two attached hydrogens (primary N) is 1. The standard InChI is InChI=1S/C13H11BrF2N3O2/c14-9-2-1-3-10(4-9)19-6-8(5-18-19)11(12(17)21)13(15,16)7-20/h1-6,20H,7H2,(H2,17,21). The number of nitrogens with zero attached hydrogens (tertiary/aromatic N) is 2. The largest absolute Gasteiger partial charge is 0.390 e. The van der Waals surface area contributed by atoms with Gasteiger partial charge in [-0.2, -0.15) is 5.10 Å². The molecular formula is C13H11BrF2N3O2. The van der Waals surface area contributed by atoms with Crippen LogP contribution in [0.15, 0.2) is 41.1 Å². The maximum Gasteiger partial charge on any atom is 0.290 e. The van der Waals surface area contributed by atoms with Crippen molar-refractivity contribution in [2.75, 3.05) is 6.61 Å². The number of carbonyl (C=O) groups is 1. The fourth-order valence-corrected chi connectivity index (χ4v) is 2.21. The molecule has 1 aromatic carbocycles. The van der Waals surface area contributed by atoms with Crippen molar-refractivity contribution in [3.63, 3.8) is 0 Å². The molecule has 0 spiro atoms. The average molecular weight is 359 g/mol. The van der Waals surface area contributed by atoms with Gasteiger partial charge in [0.15, 0.2) is 5.92 Å². The zero-order valence-corrected chi connectivity index (χ0v) is 12.2. The van der Waals surface area contributed by atoms with Crippen molar-refractivity contribution in [2.24, 2.45) is 5.73 Å². The van der Waals surface area contributed by atoms with Crippen molar-refractivity contribution >= 4 is 21.8 Å². The van der Waals surface area contributed by atoms with Gasteiger partial charge in [0.2, 0.25) is 5.91 Å². The van der Waals surface area contributed by atoms with Crippen LogP contribution in [0.25, 0.3) is 5.69 Å². The van der Waals surface area contributed by atoms with Crippen LogP contribution in [0.3, 0.4) is 0 Å². The third-order valence-electron chi connectivity index (χ3n) is 2.75. The molecule has 111 valence electrons. The van der Waals surface area contributed by atoms with E-state index in [1.165, 1.54) is 10.9 Å². The summed E-state index contributed by atoms with van der Waals surface area (Å²) in [5.41, 5.74) is 5.47. The zero-order chi connectivity index (χ0) is 15.6. The van der Waals surface area contributed by atoms with Crippen LogP contribution >= 0.6 is 15.9 Å². The molecule has 0 aliphatic heterocycles. The Morgan fingerprint density at radius 3 is 2.76 bits per heavy atom. The Kier molecular flexibility index (Phi) is 4.38. The summed E-state index contributed by atoms with van der Waals surface area (Å²) in [6.07, 6.45) is 2.36. The van der Waals surface area contributed by atoms with Crippen LogP contribution in [0.1, 0.15) is 5.56 Å². The predicted octanol–water partition coefficient (Wildman–Crippen LogP) is 1.67. The SMILES string of the molecule is NC(=O)[C](c1cnn(-c2cccc(Br)c2)c1)C(F)(F)CO. The van der Waals surface area contributed by atoms with Gasteiger partial charge in [0.1, 0.15) is 6.61 Å². The summed E-state index contributed by atoms with van der Waals surface area (Å²) in [5, 5.41) is 12.7. The van der Waals surface area contributed by atoms with E-state index in [1.807, 2.05) is 0 Å². The van der Waals surface area contributed by atoms with Gasteiger partial charge in [0.05, 0.1) is 11.9 Å². The van der Waals surface area contributed by atoms with Gasteiger partial charge in [-0.05, 0) is 18.2 Å². The summed E-state index contributed by atoms with van der Waals surface area (Å²) >= 11 is 3.29. The molecule has 0 aliphatic rings. The molecule has 0 fully saturated rings. The number of amides is 1. The summed E-state index contributed by atoms with van der Waals surface area (Å²) in [6, 6.07) is 7.00. The lowest BCUT2D eigenvalue weighted by atomic mass is 9.95. The van der Waals surface area contributed by atoms with Gasteiger partial charge in [0.25, 0.3) is 5.92 Å². The minimum absolute atomic E-state index is 0.137. The third-order valence-corrected chi connectivity index (χ3v) is 3.25. The topological polar surface area (TPSA) is 81.1 Å². The van der Waals surface area contributed by atoms with Crippen molar-refractivity contribution in [1.82, 2.24) is 9.78 Å². The van der Waals surface area contributed by atoms with Crippen molar-refractivity contribution in [3.8, 4) is 5.69 Å². The smallest absolute Gasteiger partial charge is 0.290 e. The van der Waals surface area contributed by atoms with E-state index >= 15 is 0 Å². The van der Waals surface area contributed by atoms with Gasteiger partial charge in [-0.3, -0.25) is 4.79 Å². The first-order chi connectivity index (χ1) is 9.85. The fourth-order valence-electron chi connectivity index (χ4n) is 1.82. The Balaban J connectivity index is 2.40. The summed E-state index contributed by atoms with van der Waals surface area (Å²) < 4.78 is 29.3. The molecular weight excluding hydrogens is 348 g/mol. The van der Waals surface area contributed by atoms with Crippen molar-refractivity contribution in [1.29, 1.82) is 0 Å². The highest BCUT2D eigenvalue weighted by molar-refractivity contribution is 9.10. The fraction of sp³-hybridized carbons (Fsp3) is 0.154. The maximum absolute atomic E-state index is 13.6. The van der Waals surface area contributed by atoms with Crippen LogP contribution < -0.4 is 5.73 Å². The van der Waals surface area contributed by atoms with E-state index in [2.05, 4.69) is 21.0 Å². The molecule has 8 heteroatoms. The molecule has 2 aromatic rings. The van der Waals surface area contributed by atoms with E-state index < -0.39 is 24.4 Å². The quantitative estimate of drug-likeness (QED) is 0.852. The first-order valence-corrected chi connectivity index (χ1v) is 6.61. The number of alkyl halides is 2. The Labute approximate surface area is 127 Å². The molecule has 1 heterocycles. The van der Waals surface area contributed by atoms with Crippen LogP contribution in [-0.2, 0) is 4.79 Å². The van der Waals surface area contributed by atoms with Crippen molar-refractivity contribution in [3.05, 3.63) is 52.6 Å². The van der Waals surface area contributed by atoms with E-state index in [9.17, 15) is 13.6 Å². The number of carbonyl (C=O) groups excluding carboxylic acids is 1. The molecule has 1 amide bonds. The third kappa shape index (κ3) is 3.27. The Hall–Kier alpha value is -1.80. The molecule has 21 heavy (non-hydrogen) atoms. The Morgan fingerprint density at radius 2 is 2.19 bits per heavy atom. The van der Waals surface area contributed by atoms with Crippen LogP contribution in [0.5, 0.6) is 0 Å². The number of halogens is 3. The van der Waals surface area contributed by atoms with Crippen LogP contribution in [0.4, 0.5) is 8.78 Å². The number of hydrogen-bond donors (Lipinski definition) is 2. The van der Waals surface area contributed by atoms with Gasteiger partial charge >= 0.3 is 0 Å². The lowest BCUT2D eigenvalue weighted by Crippen LogP contribution is -2.40. The summed E-state index contributed by atoms with van der Waals surface area (Å²) in [5.74, 6) is -5.99. The number of aromatic nitrogens is 2. The minimum Gasteiger partial charge on any atom is -0.390 e. The van der Waals surface area contributed by atoms with Crippen molar-refractivity contribution < 1.29 is 18.7 Å². The summed E-state index contributed by atoms with van der Waals surface area (Å²) in [6.45, 7) is -1.51. The van der Waals surface area contributed by atoms with Crippen LogP contribution in [0, 0.1) is 5.92 Å². The zero-order valence-electron chi connectivity index (χ0n) is 10.6. The van der Waals surface area contributed by atoms with Crippen LogP contribution in [-0.4, -0.2) is 33.3 Å². The molecule has 3 N–H and O–H groups in total. The number of aliphatic hydroxyl groups excluding tert-OH is 1. The van der Waals surface area contributed by atoms with Crippen molar-refractivity contribution in [2.45, 2.75) is 5.92 Å². The number of benzene rings is 1. The van der Waals surface area contributed by atoms with E-state index in [0.717, 1.165) is 10.7 Å². The number of hydrogen-bond acceptors (Lipinski definition) is 3. The lowest BCUT2D eigenvalue weighted by Gasteiger charge is -2.20. The molecule has 0 bridgehead atoms. The second-order valence-corrected chi connectivity index (χ2v) is 5.17. The normalized spacial score (nSPS) is 11.9. The second-order valence-electron chi connectivity index (χ2n) is 4.26. The first-order valence-electron chi connectivity index (χ1n) is 5.82. The van der Waals surface area contributed by atoms with Gasteiger partial charge in [0, 0.05) is 16.2 Å². The molecule has 0 saturated carbocycles. The number of rotatable bonds is 5. The summed E-state index contributed by atoms with van der Waals surface area (Å²) in [4.78, 5) is 11.3. The van der Waals surface area contributed by atoms with E-state index in [0.29, 0.717) is 5.69 Å². The molecule has 2 rings (SSSR count). The molecule has 1 aromatic heterocycles. The minimum atomic E-state index is -3.73. The summed E-state index contributed by atoms with van der Waals surface area (Å²) in [7, 11) is 0. The first kappa shape index (κ1) is 15.6. The van der Waals surface area contributed by atoms with Crippen LogP contribution in [0.2, 0.25) is 0 Å². The van der Waals surface area contributed by atoms with Gasteiger partial charge < -0.3 is 10.8 Å². The predicted molar refractivity (Wildman–Crippen MR) is 74.8 cm³/mol. The molecule has 1 radical (unpaired) electrons. The Bertz CT molecular complexity index is 660. The van der Waals surface area contributed by atoms with Gasteiger partial charge in [-0.15, -0.1) is 0 Å². The number of primary amides is 1. The highest BCUT2D eigenvalue weighted by atomic mass is 79.9. The molecule has 5 nitrogen and oxygen atoms in total. The molecule has 0 unspecified atom stereocenters. The molecule has 0 saturated heterocycles. The monoisotopic (exact) mass is 358 g/mol. The van der Waals surface area contributed by atoms with E-state index in [-0.39, 0.29) is 5.56 Å². The highest BCUT2D eigenvalue weighted by Gasteiger charge is 2.45. The van der Waals surface area contributed by atoms with Gasteiger partial charge in [-0.1, -0.05) is 22.0 Å². The highest BCUT2D eigenvalue weighted by Crippen LogP contribution is 2.32. The molecule has 0 aliphatic carbocycles. The molecule has 0 atom stereocenters. The maximum atomic E-state index is 13.6. The van der Waals surface area contributed by atoms with E-state index in [4.69, 9.17) is 10.8 Å².